The number of carbonyl (C=O) groups excluding carboxylic acids is 2. The van der Waals surface area contributed by atoms with Gasteiger partial charge in [-0.05, 0) is 31.9 Å². The van der Waals surface area contributed by atoms with Crippen molar-refractivity contribution in [1.82, 2.24) is 4.90 Å². The Kier molecular flexibility index (Phi) is 4.52. The van der Waals surface area contributed by atoms with Gasteiger partial charge in [0.25, 0.3) is 5.91 Å². The number of nitrogens with zero attached hydrogens (tertiary/aromatic N) is 2. The Labute approximate surface area is 135 Å². The van der Waals surface area contributed by atoms with Gasteiger partial charge in [0, 0.05) is 25.6 Å². The summed E-state index contributed by atoms with van der Waals surface area (Å²) in [5, 5.41) is 9.11. The molecule has 1 aromatic carbocycles. The van der Waals surface area contributed by atoms with Gasteiger partial charge >= 0.3 is 0 Å². The Morgan fingerprint density at radius 1 is 1.39 bits per heavy atom. The zero-order valence-corrected chi connectivity index (χ0v) is 13.3. The molecule has 1 atom stereocenters. The first-order chi connectivity index (χ1) is 11.1. The van der Waals surface area contributed by atoms with Crippen molar-refractivity contribution in [1.29, 1.82) is 0 Å². The predicted octanol–water partition coefficient (Wildman–Crippen LogP) is 1.17. The van der Waals surface area contributed by atoms with Crippen LogP contribution < -0.4 is 9.64 Å². The van der Waals surface area contributed by atoms with E-state index >= 15 is 0 Å². The summed E-state index contributed by atoms with van der Waals surface area (Å²) in [6.45, 7) is 2.39. The number of carbonyl (C=O) groups is 2. The molecule has 1 fully saturated rings. The Balaban J connectivity index is 1.69. The van der Waals surface area contributed by atoms with Crippen LogP contribution in [0.1, 0.15) is 26.2 Å². The first-order valence-corrected chi connectivity index (χ1v) is 8.09. The minimum Gasteiger partial charge on any atom is -0.479 e. The van der Waals surface area contributed by atoms with E-state index in [1.165, 1.54) is 0 Å². The van der Waals surface area contributed by atoms with Crippen LogP contribution >= 0.6 is 0 Å². The van der Waals surface area contributed by atoms with Crippen LogP contribution in [0, 0.1) is 0 Å². The van der Waals surface area contributed by atoms with Crippen molar-refractivity contribution in [3.05, 3.63) is 24.3 Å². The van der Waals surface area contributed by atoms with E-state index in [1.54, 1.807) is 16.7 Å². The zero-order chi connectivity index (χ0) is 16.4. The van der Waals surface area contributed by atoms with Crippen molar-refractivity contribution >= 4 is 17.5 Å². The second kappa shape index (κ2) is 6.58. The van der Waals surface area contributed by atoms with Crippen LogP contribution in [0.15, 0.2) is 24.3 Å². The largest absolute Gasteiger partial charge is 0.479 e. The predicted molar refractivity (Wildman–Crippen MR) is 85.3 cm³/mol. The fourth-order valence-electron chi connectivity index (χ4n) is 2.95. The van der Waals surface area contributed by atoms with Gasteiger partial charge < -0.3 is 19.6 Å². The fourth-order valence-corrected chi connectivity index (χ4v) is 2.95. The van der Waals surface area contributed by atoms with Gasteiger partial charge in [0.1, 0.15) is 5.75 Å². The molecule has 124 valence electrons. The topological polar surface area (TPSA) is 70.1 Å². The molecule has 23 heavy (non-hydrogen) atoms. The van der Waals surface area contributed by atoms with Gasteiger partial charge in [0.2, 0.25) is 5.91 Å². The van der Waals surface area contributed by atoms with Gasteiger partial charge in [-0.3, -0.25) is 9.59 Å². The average Bonchev–Trinajstić information content (AvgIpc) is 3.37. The Morgan fingerprint density at radius 2 is 2.13 bits per heavy atom. The molecule has 1 saturated carbocycles. The minimum absolute atomic E-state index is 0.00836. The lowest BCUT2D eigenvalue weighted by Crippen LogP contribution is -2.46. The summed E-state index contributed by atoms with van der Waals surface area (Å²) in [5.74, 6) is 0.532. The maximum absolute atomic E-state index is 12.4. The number of para-hydroxylation sites is 2. The molecule has 1 N–H and O–H groups in total. The number of anilines is 1. The molecule has 0 saturated heterocycles. The minimum atomic E-state index is -0.544. The lowest BCUT2D eigenvalue weighted by molar-refractivity contribution is -0.132. The average molecular weight is 318 g/mol. The van der Waals surface area contributed by atoms with E-state index in [0.717, 1.165) is 12.8 Å². The molecule has 0 spiro atoms. The Morgan fingerprint density at radius 3 is 2.83 bits per heavy atom. The van der Waals surface area contributed by atoms with Crippen molar-refractivity contribution in [2.45, 2.75) is 38.3 Å². The van der Waals surface area contributed by atoms with Gasteiger partial charge in [-0.15, -0.1) is 0 Å². The molecule has 6 nitrogen and oxygen atoms in total. The monoisotopic (exact) mass is 318 g/mol. The molecule has 3 rings (SSSR count). The highest BCUT2D eigenvalue weighted by Gasteiger charge is 2.34. The smallest absolute Gasteiger partial charge is 0.267 e. The summed E-state index contributed by atoms with van der Waals surface area (Å²) in [5.41, 5.74) is 0.712. The third kappa shape index (κ3) is 3.32. The number of aliphatic hydroxyl groups is 1. The highest BCUT2D eigenvalue weighted by Crippen LogP contribution is 2.34. The highest BCUT2D eigenvalue weighted by molar-refractivity contribution is 6.00. The van der Waals surface area contributed by atoms with Crippen LogP contribution in [0.5, 0.6) is 5.75 Å². The summed E-state index contributed by atoms with van der Waals surface area (Å²) < 4.78 is 5.60. The molecule has 0 aromatic heterocycles. The maximum atomic E-state index is 12.4. The maximum Gasteiger partial charge on any atom is 0.267 e. The van der Waals surface area contributed by atoms with Crippen LogP contribution in [0.2, 0.25) is 0 Å². The number of aliphatic hydroxyl groups excluding tert-OH is 1. The molecule has 2 aliphatic rings. The van der Waals surface area contributed by atoms with Crippen molar-refractivity contribution in [2.24, 2.45) is 0 Å². The van der Waals surface area contributed by atoms with Crippen molar-refractivity contribution in [2.75, 3.05) is 24.6 Å². The highest BCUT2D eigenvalue weighted by atomic mass is 16.5. The van der Waals surface area contributed by atoms with E-state index in [9.17, 15) is 9.59 Å². The van der Waals surface area contributed by atoms with E-state index in [0.29, 0.717) is 24.5 Å². The van der Waals surface area contributed by atoms with Gasteiger partial charge in [-0.25, -0.2) is 0 Å². The zero-order valence-electron chi connectivity index (χ0n) is 13.3. The summed E-state index contributed by atoms with van der Waals surface area (Å²) in [4.78, 5) is 28.1. The van der Waals surface area contributed by atoms with Gasteiger partial charge in [-0.1, -0.05) is 12.1 Å². The number of amides is 2. The quantitative estimate of drug-likeness (QED) is 0.855. The number of ether oxygens (including phenoxy) is 1. The van der Waals surface area contributed by atoms with Crippen molar-refractivity contribution < 1.29 is 19.4 Å². The van der Waals surface area contributed by atoms with Crippen LogP contribution in [0.25, 0.3) is 0 Å². The van der Waals surface area contributed by atoms with Crippen LogP contribution in [0.3, 0.4) is 0 Å². The van der Waals surface area contributed by atoms with Crippen molar-refractivity contribution in [3.63, 3.8) is 0 Å². The summed E-state index contributed by atoms with van der Waals surface area (Å²) in [7, 11) is 0. The second-order valence-electron chi connectivity index (χ2n) is 6.01. The third-order valence-corrected chi connectivity index (χ3v) is 4.27. The Hall–Kier alpha value is -2.08. The molecule has 0 unspecified atom stereocenters. The number of rotatable bonds is 6. The number of benzene rings is 1. The lowest BCUT2D eigenvalue weighted by atomic mass is 10.1. The molecular weight excluding hydrogens is 296 g/mol. The summed E-state index contributed by atoms with van der Waals surface area (Å²) in [6.07, 6.45) is 1.71. The molecule has 1 aliphatic heterocycles. The fraction of sp³-hybridized carbons (Fsp3) is 0.529. The van der Waals surface area contributed by atoms with E-state index in [4.69, 9.17) is 9.84 Å². The second-order valence-corrected chi connectivity index (χ2v) is 6.01. The van der Waals surface area contributed by atoms with Crippen LogP contribution in [-0.4, -0.2) is 53.7 Å². The lowest BCUT2D eigenvalue weighted by Gasteiger charge is -2.33. The molecule has 0 bridgehead atoms. The third-order valence-electron chi connectivity index (χ3n) is 4.27. The van der Waals surface area contributed by atoms with Gasteiger partial charge in [-0.2, -0.15) is 0 Å². The number of hydrogen-bond donors (Lipinski definition) is 1. The summed E-state index contributed by atoms with van der Waals surface area (Å²) in [6, 6.07) is 7.63. The molecule has 2 amide bonds. The van der Waals surface area contributed by atoms with E-state index < -0.39 is 6.10 Å². The van der Waals surface area contributed by atoms with E-state index in [1.807, 2.05) is 24.3 Å². The molecular formula is C17H22N2O4. The molecule has 0 radical (unpaired) electrons. The normalized spacial score (nSPS) is 20.0. The first kappa shape index (κ1) is 15.8. The SMILES string of the molecule is C[C@H]1Oc2ccccc2N(CCC(=O)N(CCO)C2CC2)C1=O. The van der Waals surface area contributed by atoms with E-state index in [-0.39, 0.29) is 30.9 Å². The standard InChI is InChI=1S/C17H22N2O4/c1-12-17(22)19(14-4-2-3-5-15(14)23-12)9-8-16(21)18(10-11-20)13-6-7-13/h2-5,12-13,20H,6-11H2,1H3/t12-/m1/s1. The van der Waals surface area contributed by atoms with Gasteiger partial charge in [0.15, 0.2) is 6.10 Å². The number of fused-ring (bicyclic) bond motifs is 1. The molecule has 1 heterocycles. The van der Waals surface area contributed by atoms with E-state index in [2.05, 4.69) is 0 Å². The van der Waals surface area contributed by atoms with Crippen LogP contribution in [0.4, 0.5) is 5.69 Å². The first-order valence-electron chi connectivity index (χ1n) is 8.09. The molecule has 6 heteroatoms. The molecule has 1 aliphatic carbocycles. The van der Waals surface area contributed by atoms with Crippen LogP contribution in [-0.2, 0) is 9.59 Å². The number of hydrogen-bond acceptors (Lipinski definition) is 4. The van der Waals surface area contributed by atoms with Crippen molar-refractivity contribution in [3.8, 4) is 5.75 Å². The Bertz CT molecular complexity index is 600. The van der Waals surface area contributed by atoms with Gasteiger partial charge in [0.05, 0.1) is 12.3 Å². The summed E-state index contributed by atoms with van der Waals surface area (Å²) >= 11 is 0. The molecule has 1 aromatic rings.